The van der Waals surface area contributed by atoms with Crippen molar-refractivity contribution in [1.82, 2.24) is 19.4 Å². The van der Waals surface area contributed by atoms with E-state index in [0.29, 0.717) is 38.3 Å². The maximum atomic E-state index is 13.0. The molecule has 0 spiro atoms. The van der Waals surface area contributed by atoms with Crippen molar-refractivity contribution in [3.63, 3.8) is 0 Å². The highest BCUT2D eigenvalue weighted by atomic mass is 16.6. The Morgan fingerprint density at radius 1 is 0.977 bits per heavy atom. The summed E-state index contributed by atoms with van der Waals surface area (Å²) in [4.78, 5) is 37.0. The molecule has 216 valence electrons. The molecular formula is C33H30N6O4. The molecular weight excluding hydrogens is 544 g/mol. The number of hydrogen-bond donors (Lipinski definition) is 0. The van der Waals surface area contributed by atoms with Crippen LogP contribution in [0.1, 0.15) is 12.5 Å². The van der Waals surface area contributed by atoms with Crippen molar-refractivity contribution in [3.8, 4) is 22.6 Å². The van der Waals surface area contributed by atoms with Gasteiger partial charge >= 0.3 is 0 Å². The summed E-state index contributed by atoms with van der Waals surface area (Å²) >= 11 is 0. The lowest BCUT2D eigenvalue weighted by molar-refractivity contribution is -0.384. The predicted molar refractivity (Wildman–Crippen MR) is 166 cm³/mol. The van der Waals surface area contributed by atoms with Crippen LogP contribution in [0.2, 0.25) is 0 Å². The molecule has 0 saturated carbocycles. The smallest absolute Gasteiger partial charge is 0.270 e. The van der Waals surface area contributed by atoms with Gasteiger partial charge in [0.05, 0.1) is 16.9 Å². The van der Waals surface area contributed by atoms with Gasteiger partial charge in [-0.3, -0.25) is 14.9 Å². The first-order chi connectivity index (χ1) is 21.0. The molecule has 10 nitrogen and oxygen atoms in total. The number of carbonyl (C=O) groups is 1. The molecule has 0 bridgehead atoms. The number of nitro benzene ring substituents is 1. The van der Waals surface area contributed by atoms with Gasteiger partial charge < -0.3 is 19.1 Å². The molecule has 0 atom stereocenters. The molecule has 6 rings (SSSR count). The molecule has 1 saturated heterocycles. The van der Waals surface area contributed by atoms with Gasteiger partial charge in [-0.2, -0.15) is 0 Å². The maximum absolute atomic E-state index is 13.0. The summed E-state index contributed by atoms with van der Waals surface area (Å²) in [5, 5.41) is 12.0. The van der Waals surface area contributed by atoms with Crippen LogP contribution in [-0.4, -0.2) is 63.1 Å². The summed E-state index contributed by atoms with van der Waals surface area (Å²) in [6.07, 6.45) is 6.79. The standard InChI is InChI=1S/C33H30N6O4/c1-2-43-28-14-12-26(13-15-28)38-22-29(25-8-4-3-5-9-25)31-32(34-23-35-33(31)38)37-19-17-36(18-20-37)30(40)16-11-24-7-6-10-27(21-24)39(41)42/h3-16,21-23H,2,17-20H2,1H3/b16-11+. The minimum atomic E-state index is -0.446. The number of hydrogen-bond acceptors (Lipinski definition) is 7. The van der Waals surface area contributed by atoms with E-state index in [4.69, 9.17) is 14.7 Å². The first-order valence-electron chi connectivity index (χ1n) is 14.1. The second-order valence-corrected chi connectivity index (χ2v) is 10.1. The zero-order valence-corrected chi connectivity index (χ0v) is 23.7. The molecule has 1 fully saturated rings. The average molecular weight is 575 g/mol. The number of ether oxygens (including phenoxy) is 1. The lowest BCUT2D eigenvalue weighted by Crippen LogP contribution is -2.48. The van der Waals surface area contributed by atoms with E-state index in [2.05, 4.69) is 27.8 Å². The molecule has 0 aliphatic carbocycles. The second-order valence-electron chi connectivity index (χ2n) is 10.1. The molecule has 0 N–H and O–H groups in total. The van der Waals surface area contributed by atoms with Crippen molar-refractivity contribution in [2.45, 2.75) is 6.92 Å². The van der Waals surface area contributed by atoms with Crippen molar-refractivity contribution in [2.24, 2.45) is 0 Å². The number of non-ortho nitro benzene ring substituents is 1. The molecule has 0 radical (unpaired) electrons. The topological polar surface area (TPSA) is 107 Å². The molecule has 43 heavy (non-hydrogen) atoms. The van der Waals surface area contributed by atoms with Crippen molar-refractivity contribution >= 4 is 34.5 Å². The minimum absolute atomic E-state index is 0.00870. The van der Waals surface area contributed by atoms with E-state index in [9.17, 15) is 14.9 Å². The van der Waals surface area contributed by atoms with Crippen LogP contribution in [0, 0.1) is 10.1 Å². The number of carbonyl (C=O) groups excluding carboxylic acids is 1. The summed E-state index contributed by atoms with van der Waals surface area (Å²) in [6, 6.07) is 24.4. The normalized spacial score (nSPS) is 13.5. The van der Waals surface area contributed by atoms with Crippen molar-refractivity contribution in [1.29, 1.82) is 0 Å². The van der Waals surface area contributed by atoms with E-state index in [0.717, 1.165) is 39.4 Å². The third kappa shape index (κ3) is 5.80. The van der Waals surface area contributed by atoms with Crippen LogP contribution >= 0.6 is 0 Å². The number of nitrogens with zero attached hydrogens (tertiary/aromatic N) is 6. The highest BCUT2D eigenvalue weighted by molar-refractivity contribution is 6.02. The highest BCUT2D eigenvalue weighted by Crippen LogP contribution is 2.37. The molecule has 0 unspecified atom stereocenters. The Morgan fingerprint density at radius 2 is 1.74 bits per heavy atom. The van der Waals surface area contributed by atoms with E-state index in [1.807, 2.05) is 49.4 Å². The lowest BCUT2D eigenvalue weighted by Gasteiger charge is -2.35. The van der Waals surface area contributed by atoms with Gasteiger partial charge in [0.1, 0.15) is 17.9 Å². The number of rotatable bonds is 8. The fraction of sp³-hybridized carbons (Fsp3) is 0.182. The van der Waals surface area contributed by atoms with Crippen molar-refractivity contribution in [3.05, 3.63) is 113 Å². The Hall–Kier alpha value is -5.51. The van der Waals surface area contributed by atoms with Gasteiger partial charge in [0, 0.05) is 61.8 Å². The van der Waals surface area contributed by atoms with Crippen LogP contribution in [0.4, 0.5) is 11.5 Å². The van der Waals surface area contributed by atoms with Crippen molar-refractivity contribution < 1.29 is 14.5 Å². The first kappa shape index (κ1) is 27.6. The van der Waals surface area contributed by atoms with Gasteiger partial charge in [-0.25, -0.2) is 9.97 Å². The monoisotopic (exact) mass is 574 g/mol. The quantitative estimate of drug-likeness (QED) is 0.132. The average Bonchev–Trinajstić information content (AvgIpc) is 3.45. The van der Waals surface area contributed by atoms with Crippen molar-refractivity contribution in [2.75, 3.05) is 37.7 Å². The molecule has 3 aromatic carbocycles. The van der Waals surface area contributed by atoms with Gasteiger partial charge in [-0.15, -0.1) is 0 Å². The predicted octanol–water partition coefficient (Wildman–Crippen LogP) is 5.76. The summed E-state index contributed by atoms with van der Waals surface area (Å²) < 4.78 is 7.72. The molecule has 10 heteroatoms. The van der Waals surface area contributed by atoms with Crippen LogP contribution in [-0.2, 0) is 4.79 Å². The summed E-state index contributed by atoms with van der Waals surface area (Å²) in [5.41, 5.74) is 4.45. The largest absolute Gasteiger partial charge is 0.494 e. The third-order valence-corrected chi connectivity index (χ3v) is 7.46. The van der Waals surface area contributed by atoms with Gasteiger partial charge in [0.2, 0.25) is 5.91 Å². The van der Waals surface area contributed by atoms with Gasteiger partial charge in [0.15, 0.2) is 5.65 Å². The first-order valence-corrected chi connectivity index (χ1v) is 14.1. The minimum Gasteiger partial charge on any atom is -0.494 e. The van der Waals surface area contributed by atoms with Crippen LogP contribution in [0.15, 0.2) is 97.5 Å². The summed E-state index contributed by atoms with van der Waals surface area (Å²) in [6.45, 7) is 4.81. The molecule has 1 amide bonds. The second kappa shape index (κ2) is 12.2. The Kier molecular flexibility index (Phi) is 7.82. The van der Waals surface area contributed by atoms with Gasteiger partial charge in [-0.1, -0.05) is 42.5 Å². The number of aromatic nitrogens is 3. The van der Waals surface area contributed by atoms with E-state index < -0.39 is 4.92 Å². The molecule has 1 aliphatic rings. The zero-order chi connectivity index (χ0) is 29.8. The number of anilines is 1. The van der Waals surface area contributed by atoms with Crippen LogP contribution in [0.5, 0.6) is 5.75 Å². The Bertz CT molecular complexity index is 1790. The van der Waals surface area contributed by atoms with E-state index in [-0.39, 0.29) is 11.6 Å². The van der Waals surface area contributed by atoms with E-state index in [1.54, 1.807) is 29.4 Å². The molecule has 2 aromatic heterocycles. The number of fused-ring (bicyclic) bond motifs is 1. The van der Waals surface area contributed by atoms with Crippen LogP contribution < -0.4 is 9.64 Å². The van der Waals surface area contributed by atoms with Gasteiger partial charge in [-0.05, 0) is 48.4 Å². The van der Waals surface area contributed by atoms with Crippen LogP contribution in [0.3, 0.4) is 0 Å². The molecule has 3 heterocycles. The SMILES string of the molecule is CCOc1ccc(-n2cc(-c3ccccc3)c3c(N4CCN(C(=O)/C=C/c5cccc([N+](=O)[O-])c5)CC4)ncnc32)cc1. The number of nitro groups is 1. The highest BCUT2D eigenvalue weighted by Gasteiger charge is 2.25. The lowest BCUT2D eigenvalue weighted by atomic mass is 10.1. The van der Waals surface area contributed by atoms with Gasteiger partial charge in [0.25, 0.3) is 5.69 Å². The van der Waals surface area contributed by atoms with E-state index >= 15 is 0 Å². The maximum Gasteiger partial charge on any atom is 0.270 e. The summed E-state index contributed by atoms with van der Waals surface area (Å²) in [7, 11) is 0. The number of amides is 1. The number of benzene rings is 3. The third-order valence-electron chi connectivity index (χ3n) is 7.46. The fourth-order valence-corrected chi connectivity index (χ4v) is 5.34. The Labute approximate surface area is 248 Å². The van der Waals surface area contributed by atoms with E-state index in [1.165, 1.54) is 18.2 Å². The number of piperazine rings is 1. The fourth-order valence-electron chi connectivity index (χ4n) is 5.34. The Balaban J connectivity index is 1.27. The summed E-state index contributed by atoms with van der Waals surface area (Å²) in [5.74, 6) is 1.51. The van der Waals surface area contributed by atoms with Crippen LogP contribution in [0.25, 0.3) is 33.9 Å². The zero-order valence-electron chi connectivity index (χ0n) is 23.7. The molecule has 5 aromatic rings. The Morgan fingerprint density at radius 3 is 2.47 bits per heavy atom. The molecule has 1 aliphatic heterocycles.